The van der Waals surface area contributed by atoms with Crippen LogP contribution < -0.4 is 11.1 Å². The van der Waals surface area contributed by atoms with Crippen LogP contribution in [0.2, 0.25) is 0 Å². The molecule has 2 bridgehead atoms. The van der Waals surface area contributed by atoms with Crippen molar-refractivity contribution < 1.29 is 9.53 Å². The summed E-state index contributed by atoms with van der Waals surface area (Å²) in [6, 6.07) is 0.127. The molecule has 0 radical (unpaired) electrons. The van der Waals surface area contributed by atoms with Gasteiger partial charge in [-0.1, -0.05) is 6.92 Å². The number of carbonyl (C=O) groups is 1. The van der Waals surface area contributed by atoms with E-state index in [0.717, 1.165) is 19.3 Å². The molecule has 2 rings (SSSR count). The van der Waals surface area contributed by atoms with Gasteiger partial charge in [-0.3, -0.25) is 4.79 Å². The predicted molar refractivity (Wildman–Crippen MR) is 57.3 cm³/mol. The van der Waals surface area contributed by atoms with Crippen LogP contribution in [-0.2, 0) is 9.53 Å². The SMILES string of the molecule is CC(N)C(C)C(=O)NC1CC2CCC1O2. The van der Waals surface area contributed by atoms with Gasteiger partial charge in [-0.15, -0.1) is 0 Å². The van der Waals surface area contributed by atoms with Crippen LogP contribution in [0.1, 0.15) is 33.1 Å². The molecule has 0 aromatic carbocycles. The molecule has 0 spiro atoms. The topological polar surface area (TPSA) is 64.4 Å². The van der Waals surface area contributed by atoms with Crippen molar-refractivity contribution in [2.75, 3.05) is 0 Å². The molecule has 5 atom stereocenters. The Kier molecular flexibility index (Phi) is 2.98. The summed E-state index contributed by atoms with van der Waals surface area (Å²) in [5.74, 6) is -0.0599. The van der Waals surface area contributed by atoms with Gasteiger partial charge < -0.3 is 15.8 Å². The third-order valence-electron chi connectivity index (χ3n) is 3.64. The summed E-state index contributed by atoms with van der Waals surface area (Å²) in [6.07, 6.45) is 3.84. The molecule has 2 aliphatic heterocycles. The van der Waals surface area contributed by atoms with Gasteiger partial charge in [-0.25, -0.2) is 0 Å². The lowest BCUT2D eigenvalue weighted by molar-refractivity contribution is -0.126. The number of hydrogen-bond acceptors (Lipinski definition) is 3. The predicted octanol–water partition coefficient (Wildman–Crippen LogP) is 0.406. The number of nitrogens with one attached hydrogen (secondary N) is 1. The summed E-state index contributed by atoms with van der Waals surface area (Å²) in [5, 5.41) is 3.05. The second-order valence-electron chi connectivity index (χ2n) is 4.87. The van der Waals surface area contributed by atoms with Crippen molar-refractivity contribution in [3.05, 3.63) is 0 Å². The zero-order chi connectivity index (χ0) is 11.0. The Balaban J connectivity index is 1.85. The van der Waals surface area contributed by atoms with Gasteiger partial charge in [-0.2, -0.15) is 0 Å². The molecule has 0 aliphatic carbocycles. The van der Waals surface area contributed by atoms with Crippen molar-refractivity contribution in [2.24, 2.45) is 11.7 Å². The maximum Gasteiger partial charge on any atom is 0.224 e. The fourth-order valence-corrected chi connectivity index (χ4v) is 2.34. The Morgan fingerprint density at radius 2 is 2.20 bits per heavy atom. The Morgan fingerprint density at radius 1 is 1.47 bits per heavy atom. The molecule has 0 saturated carbocycles. The molecule has 0 aromatic heterocycles. The minimum Gasteiger partial charge on any atom is -0.373 e. The summed E-state index contributed by atoms with van der Waals surface area (Å²) in [6.45, 7) is 3.73. The van der Waals surface area contributed by atoms with Crippen molar-refractivity contribution in [1.82, 2.24) is 5.32 Å². The number of ether oxygens (including phenoxy) is 1. The van der Waals surface area contributed by atoms with Crippen LogP contribution in [0.4, 0.5) is 0 Å². The highest BCUT2D eigenvalue weighted by atomic mass is 16.5. The van der Waals surface area contributed by atoms with E-state index in [-0.39, 0.29) is 30.0 Å². The van der Waals surface area contributed by atoms with Crippen LogP contribution in [0.15, 0.2) is 0 Å². The first-order chi connectivity index (χ1) is 7.08. The monoisotopic (exact) mass is 212 g/mol. The molecule has 3 N–H and O–H groups in total. The smallest absolute Gasteiger partial charge is 0.224 e. The Bertz CT molecular complexity index is 255. The standard InChI is InChI=1S/C11H20N2O2/c1-6(7(2)12)11(14)13-9-5-8-3-4-10(9)15-8/h6-10H,3-5,12H2,1-2H3,(H,13,14). The van der Waals surface area contributed by atoms with Gasteiger partial charge in [0.25, 0.3) is 0 Å². The first-order valence-electron chi connectivity index (χ1n) is 5.79. The summed E-state index contributed by atoms with van der Waals surface area (Å²) in [5.41, 5.74) is 5.69. The van der Waals surface area contributed by atoms with Crippen molar-refractivity contribution >= 4 is 5.91 Å². The number of hydrogen-bond donors (Lipinski definition) is 2. The van der Waals surface area contributed by atoms with Crippen molar-refractivity contribution in [1.29, 1.82) is 0 Å². The minimum atomic E-state index is -0.121. The normalized spacial score (nSPS) is 37.7. The van der Waals surface area contributed by atoms with Gasteiger partial charge in [0.1, 0.15) is 0 Å². The van der Waals surface area contributed by atoms with E-state index in [9.17, 15) is 4.79 Å². The summed E-state index contributed by atoms with van der Waals surface area (Å²) < 4.78 is 5.68. The Labute approximate surface area is 90.5 Å². The van der Waals surface area contributed by atoms with Gasteiger partial charge >= 0.3 is 0 Å². The van der Waals surface area contributed by atoms with Crippen LogP contribution in [0.3, 0.4) is 0 Å². The number of amides is 1. The van der Waals surface area contributed by atoms with Gasteiger partial charge in [0.15, 0.2) is 0 Å². The molecule has 4 nitrogen and oxygen atoms in total. The van der Waals surface area contributed by atoms with Crippen molar-refractivity contribution in [3.63, 3.8) is 0 Å². The first-order valence-corrected chi connectivity index (χ1v) is 5.79. The molecule has 15 heavy (non-hydrogen) atoms. The second-order valence-corrected chi connectivity index (χ2v) is 4.87. The average molecular weight is 212 g/mol. The molecule has 0 aromatic rings. The highest BCUT2D eigenvalue weighted by Gasteiger charge is 2.41. The number of carbonyl (C=O) groups excluding carboxylic acids is 1. The lowest BCUT2D eigenvalue weighted by atomic mass is 9.94. The van der Waals surface area contributed by atoms with E-state index in [1.807, 2.05) is 13.8 Å². The van der Waals surface area contributed by atoms with Gasteiger partial charge in [0, 0.05) is 12.0 Å². The molecule has 1 amide bonds. The van der Waals surface area contributed by atoms with Crippen molar-refractivity contribution in [3.8, 4) is 0 Å². The summed E-state index contributed by atoms with van der Waals surface area (Å²) >= 11 is 0. The molecule has 86 valence electrons. The highest BCUT2D eigenvalue weighted by molar-refractivity contribution is 5.79. The Hall–Kier alpha value is -0.610. The molecule has 5 unspecified atom stereocenters. The van der Waals surface area contributed by atoms with Crippen LogP contribution >= 0.6 is 0 Å². The zero-order valence-electron chi connectivity index (χ0n) is 9.40. The van der Waals surface area contributed by atoms with Crippen LogP contribution in [-0.4, -0.2) is 30.2 Å². The third-order valence-corrected chi connectivity index (χ3v) is 3.64. The van der Waals surface area contributed by atoms with Crippen LogP contribution in [0.25, 0.3) is 0 Å². The second kappa shape index (κ2) is 4.10. The van der Waals surface area contributed by atoms with E-state index in [2.05, 4.69) is 5.32 Å². The van der Waals surface area contributed by atoms with E-state index in [0.29, 0.717) is 6.10 Å². The fraction of sp³-hybridized carbons (Fsp3) is 0.909. The summed E-state index contributed by atoms with van der Waals surface area (Å²) in [4.78, 5) is 11.8. The molecular formula is C11H20N2O2. The molecule has 2 fully saturated rings. The van der Waals surface area contributed by atoms with E-state index in [1.165, 1.54) is 0 Å². The largest absolute Gasteiger partial charge is 0.373 e. The van der Waals surface area contributed by atoms with E-state index >= 15 is 0 Å². The van der Waals surface area contributed by atoms with E-state index in [1.54, 1.807) is 0 Å². The molecular weight excluding hydrogens is 192 g/mol. The average Bonchev–Trinajstić information content (AvgIpc) is 2.77. The molecule has 4 heteroatoms. The Morgan fingerprint density at radius 3 is 2.67 bits per heavy atom. The molecule has 2 saturated heterocycles. The number of fused-ring (bicyclic) bond motifs is 2. The van der Waals surface area contributed by atoms with E-state index in [4.69, 9.17) is 10.5 Å². The number of nitrogens with two attached hydrogens (primary N) is 1. The fourth-order valence-electron chi connectivity index (χ4n) is 2.34. The minimum absolute atomic E-state index is 0.0613. The number of rotatable bonds is 3. The van der Waals surface area contributed by atoms with Crippen molar-refractivity contribution in [2.45, 2.75) is 57.4 Å². The van der Waals surface area contributed by atoms with Gasteiger partial charge in [0.05, 0.1) is 18.2 Å². The maximum atomic E-state index is 11.8. The highest BCUT2D eigenvalue weighted by Crippen LogP contribution is 2.34. The third kappa shape index (κ3) is 2.16. The molecule has 2 heterocycles. The quantitative estimate of drug-likeness (QED) is 0.712. The lowest BCUT2D eigenvalue weighted by Crippen LogP contribution is -2.46. The van der Waals surface area contributed by atoms with Crippen LogP contribution in [0, 0.1) is 5.92 Å². The summed E-state index contributed by atoms with van der Waals surface area (Å²) in [7, 11) is 0. The molecule has 2 aliphatic rings. The lowest BCUT2D eigenvalue weighted by Gasteiger charge is -2.23. The zero-order valence-corrected chi connectivity index (χ0v) is 9.40. The first kappa shape index (κ1) is 10.9. The van der Waals surface area contributed by atoms with E-state index < -0.39 is 0 Å². The van der Waals surface area contributed by atoms with Gasteiger partial charge in [-0.05, 0) is 26.2 Å². The van der Waals surface area contributed by atoms with Gasteiger partial charge in [0.2, 0.25) is 5.91 Å². The van der Waals surface area contributed by atoms with Crippen LogP contribution in [0.5, 0.6) is 0 Å². The maximum absolute atomic E-state index is 11.8.